The van der Waals surface area contributed by atoms with Gasteiger partial charge in [0.05, 0.1) is 10.6 Å². The number of nitrogens with zero attached hydrogens (tertiary/aromatic N) is 1. The van der Waals surface area contributed by atoms with Crippen molar-refractivity contribution in [1.29, 1.82) is 0 Å². The third kappa shape index (κ3) is 2.40. The van der Waals surface area contributed by atoms with Crippen LogP contribution in [0.1, 0.15) is 33.4 Å². The molecule has 0 aliphatic heterocycles. The van der Waals surface area contributed by atoms with Crippen LogP contribution in [0.4, 0.5) is 0 Å². The number of hydrogen-bond acceptors (Lipinski definition) is 3. The van der Waals surface area contributed by atoms with Gasteiger partial charge in [-0.25, -0.2) is 4.98 Å². The van der Waals surface area contributed by atoms with Crippen LogP contribution in [0.5, 0.6) is 0 Å². The Morgan fingerprint density at radius 1 is 1.22 bits per heavy atom. The van der Waals surface area contributed by atoms with Crippen LogP contribution in [-0.4, -0.2) is 10.8 Å². The SMILES string of the molecule is CC(=O)c1sc(-c2cc(C)c(Br)c(C)c2)nc1C. The minimum absolute atomic E-state index is 0.0850. The van der Waals surface area contributed by atoms with Crippen LogP contribution in [0.25, 0.3) is 10.6 Å². The topological polar surface area (TPSA) is 30.0 Å². The van der Waals surface area contributed by atoms with Gasteiger partial charge in [-0.3, -0.25) is 4.79 Å². The smallest absolute Gasteiger partial charge is 0.171 e. The second kappa shape index (κ2) is 4.94. The molecule has 94 valence electrons. The molecule has 0 radical (unpaired) electrons. The average molecular weight is 324 g/mol. The second-order valence-corrected chi connectivity index (χ2v) is 6.21. The molecule has 2 aromatic rings. The number of aryl methyl sites for hydroxylation is 3. The predicted molar refractivity (Wildman–Crippen MR) is 79.5 cm³/mol. The van der Waals surface area contributed by atoms with Crippen molar-refractivity contribution in [2.45, 2.75) is 27.7 Å². The van der Waals surface area contributed by atoms with Gasteiger partial charge < -0.3 is 0 Å². The van der Waals surface area contributed by atoms with Gasteiger partial charge in [-0.2, -0.15) is 0 Å². The maximum Gasteiger partial charge on any atom is 0.171 e. The first-order valence-corrected chi connectivity index (χ1v) is 7.26. The van der Waals surface area contributed by atoms with Crippen LogP contribution >= 0.6 is 27.3 Å². The van der Waals surface area contributed by atoms with Crippen molar-refractivity contribution < 1.29 is 4.79 Å². The van der Waals surface area contributed by atoms with Gasteiger partial charge in [-0.05, 0) is 44.0 Å². The van der Waals surface area contributed by atoms with Gasteiger partial charge in [0, 0.05) is 17.0 Å². The molecule has 1 heterocycles. The Kier molecular flexibility index (Phi) is 3.69. The third-order valence-corrected chi connectivity index (χ3v) is 5.36. The highest BCUT2D eigenvalue weighted by Crippen LogP contribution is 2.32. The summed E-state index contributed by atoms with van der Waals surface area (Å²) in [6.45, 7) is 7.59. The lowest BCUT2D eigenvalue weighted by molar-refractivity contribution is 0.102. The molecule has 18 heavy (non-hydrogen) atoms. The maximum atomic E-state index is 11.5. The van der Waals surface area contributed by atoms with E-state index in [1.807, 2.05) is 6.92 Å². The lowest BCUT2D eigenvalue weighted by atomic mass is 10.1. The van der Waals surface area contributed by atoms with E-state index in [1.54, 1.807) is 6.92 Å². The fraction of sp³-hybridized carbons (Fsp3) is 0.286. The van der Waals surface area contributed by atoms with E-state index >= 15 is 0 Å². The summed E-state index contributed by atoms with van der Waals surface area (Å²) < 4.78 is 1.13. The van der Waals surface area contributed by atoms with Gasteiger partial charge in [0.25, 0.3) is 0 Å². The van der Waals surface area contributed by atoms with Gasteiger partial charge in [-0.1, -0.05) is 15.9 Å². The molecule has 0 spiro atoms. The standard InChI is InChI=1S/C14H14BrNOS/c1-7-5-11(6-8(2)12(7)15)14-16-9(3)13(18-14)10(4)17/h5-6H,1-4H3. The van der Waals surface area contributed by atoms with E-state index in [9.17, 15) is 4.79 Å². The Bertz CT molecular complexity index is 608. The zero-order valence-electron chi connectivity index (χ0n) is 10.8. The number of benzene rings is 1. The first-order valence-electron chi connectivity index (χ1n) is 5.65. The van der Waals surface area contributed by atoms with Gasteiger partial charge in [0.2, 0.25) is 0 Å². The van der Waals surface area contributed by atoms with E-state index in [1.165, 1.54) is 22.5 Å². The molecule has 2 nitrogen and oxygen atoms in total. The largest absolute Gasteiger partial charge is 0.294 e. The molecule has 0 N–H and O–H groups in total. The highest BCUT2D eigenvalue weighted by molar-refractivity contribution is 9.10. The Balaban J connectivity index is 2.56. The monoisotopic (exact) mass is 323 g/mol. The van der Waals surface area contributed by atoms with Crippen molar-refractivity contribution in [3.63, 3.8) is 0 Å². The number of carbonyl (C=O) groups is 1. The molecular formula is C14H14BrNOS. The number of rotatable bonds is 2. The van der Waals surface area contributed by atoms with Gasteiger partial charge in [0.1, 0.15) is 5.01 Å². The molecule has 0 bridgehead atoms. The Hall–Kier alpha value is -1.00. The minimum Gasteiger partial charge on any atom is -0.294 e. The molecule has 2 rings (SSSR count). The van der Waals surface area contributed by atoms with E-state index in [-0.39, 0.29) is 5.78 Å². The number of Topliss-reactive ketones (excluding diaryl/α,β-unsaturated/α-hetero) is 1. The summed E-state index contributed by atoms with van der Waals surface area (Å²) in [4.78, 5) is 16.7. The van der Waals surface area contributed by atoms with Crippen molar-refractivity contribution in [1.82, 2.24) is 4.98 Å². The summed E-state index contributed by atoms with van der Waals surface area (Å²) in [5, 5.41) is 0.913. The fourth-order valence-electron chi connectivity index (χ4n) is 1.92. The van der Waals surface area contributed by atoms with Crippen LogP contribution in [0.15, 0.2) is 16.6 Å². The number of thiazole rings is 1. The zero-order valence-corrected chi connectivity index (χ0v) is 13.2. The molecule has 0 fully saturated rings. The van der Waals surface area contributed by atoms with Gasteiger partial charge >= 0.3 is 0 Å². The van der Waals surface area contributed by atoms with Crippen molar-refractivity contribution >= 4 is 33.0 Å². The van der Waals surface area contributed by atoms with E-state index < -0.39 is 0 Å². The first-order chi connectivity index (χ1) is 8.40. The van der Waals surface area contributed by atoms with Crippen LogP contribution < -0.4 is 0 Å². The predicted octanol–water partition coefficient (Wildman–Crippen LogP) is 4.70. The van der Waals surface area contributed by atoms with Crippen molar-refractivity contribution in [2.75, 3.05) is 0 Å². The zero-order chi connectivity index (χ0) is 13.4. The van der Waals surface area contributed by atoms with E-state index in [2.05, 4.69) is 46.9 Å². The first kappa shape index (κ1) is 13.4. The Morgan fingerprint density at radius 3 is 2.22 bits per heavy atom. The summed E-state index contributed by atoms with van der Waals surface area (Å²) in [5.41, 5.74) is 4.26. The average Bonchev–Trinajstić information content (AvgIpc) is 2.67. The summed E-state index contributed by atoms with van der Waals surface area (Å²) in [5.74, 6) is 0.0850. The summed E-state index contributed by atoms with van der Waals surface area (Å²) in [6.07, 6.45) is 0. The molecule has 0 amide bonds. The number of hydrogen-bond donors (Lipinski definition) is 0. The summed E-state index contributed by atoms with van der Waals surface area (Å²) >= 11 is 5.03. The van der Waals surface area contributed by atoms with Crippen LogP contribution in [0.3, 0.4) is 0 Å². The summed E-state index contributed by atoms with van der Waals surface area (Å²) in [6, 6.07) is 4.19. The molecule has 0 atom stereocenters. The van der Waals surface area contributed by atoms with Crippen molar-refractivity contribution in [3.05, 3.63) is 38.3 Å². The molecule has 0 saturated heterocycles. The van der Waals surface area contributed by atoms with E-state index in [4.69, 9.17) is 0 Å². The van der Waals surface area contributed by atoms with E-state index in [0.29, 0.717) is 0 Å². The number of ketones is 1. The van der Waals surface area contributed by atoms with Gasteiger partial charge in [0.15, 0.2) is 5.78 Å². The number of aromatic nitrogens is 1. The molecule has 1 aromatic carbocycles. The van der Waals surface area contributed by atoms with Crippen LogP contribution in [0, 0.1) is 20.8 Å². The summed E-state index contributed by atoms with van der Waals surface area (Å²) in [7, 11) is 0. The molecule has 1 aromatic heterocycles. The fourth-order valence-corrected chi connectivity index (χ4v) is 3.09. The minimum atomic E-state index is 0.0850. The number of carbonyl (C=O) groups excluding carboxylic acids is 1. The van der Waals surface area contributed by atoms with E-state index in [0.717, 1.165) is 25.6 Å². The van der Waals surface area contributed by atoms with Crippen LogP contribution in [-0.2, 0) is 0 Å². The quantitative estimate of drug-likeness (QED) is 0.750. The molecule has 4 heteroatoms. The highest BCUT2D eigenvalue weighted by Gasteiger charge is 2.14. The molecule has 0 saturated carbocycles. The molecular weight excluding hydrogens is 310 g/mol. The molecule has 0 aliphatic carbocycles. The Morgan fingerprint density at radius 2 is 1.78 bits per heavy atom. The maximum absolute atomic E-state index is 11.5. The number of halogens is 1. The Labute approximate surface area is 119 Å². The van der Waals surface area contributed by atoms with Crippen molar-refractivity contribution in [3.8, 4) is 10.6 Å². The second-order valence-electron chi connectivity index (χ2n) is 4.41. The third-order valence-electron chi connectivity index (χ3n) is 2.80. The molecule has 0 unspecified atom stereocenters. The highest BCUT2D eigenvalue weighted by atomic mass is 79.9. The lowest BCUT2D eigenvalue weighted by Crippen LogP contribution is -1.89. The normalized spacial score (nSPS) is 10.7. The van der Waals surface area contributed by atoms with Gasteiger partial charge in [-0.15, -0.1) is 11.3 Å². The molecule has 0 aliphatic rings. The van der Waals surface area contributed by atoms with Crippen molar-refractivity contribution in [2.24, 2.45) is 0 Å². The lowest BCUT2D eigenvalue weighted by Gasteiger charge is -2.05. The van der Waals surface area contributed by atoms with Crippen LogP contribution in [0.2, 0.25) is 0 Å².